The number of carbonyl (C=O) groups is 1. The number of benzene rings is 1. The van der Waals surface area contributed by atoms with Crippen molar-refractivity contribution in [1.82, 2.24) is 15.2 Å². The van der Waals surface area contributed by atoms with Gasteiger partial charge < -0.3 is 15.2 Å². The molecule has 2 N–H and O–H groups in total. The molecule has 0 bridgehead atoms. The number of likely N-dealkylation sites (N-methyl/N-ethyl adjacent to an activating group) is 1. The van der Waals surface area contributed by atoms with Crippen molar-refractivity contribution in [2.24, 2.45) is 0 Å². The van der Waals surface area contributed by atoms with E-state index in [0.717, 1.165) is 42.1 Å². The number of hydrogen-bond donors (Lipinski definition) is 2. The number of rotatable bonds is 8. The number of nitrogens with one attached hydrogen (secondary N) is 2. The fourth-order valence-corrected chi connectivity index (χ4v) is 3.39. The molecule has 0 saturated heterocycles. The zero-order valence-corrected chi connectivity index (χ0v) is 17.7. The van der Waals surface area contributed by atoms with E-state index < -0.39 is 0 Å². The first-order chi connectivity index (χ1) is 13.4. The molecule has 1 aromatic carbocycles. The lowest BCUT2D eigenvalue weighted by Gasteiger charge is -2.18. The monoisotopic (exact) mass is 398 g/mol. The van der Waals surface area contributed by atoms with Gasteiger partial charge in [-0.1, -0.05) is 37.6 Å². The normalized spacial score (nSPS) is 11.5. The Morgan fingerprint density at radius 1 is 1.32 bits per heavy atom. The molecule has 1 amide bonds. The van der Waals surface area contributed by atoms with E-state index in [4.69, 9.17) is 11.6 Å². The molecular weight excluding hydrogens is 372 g/mol. The van der Waals surface area contributed by atoms with E-state index in [-0.39, 0.29) is 5.91 Å². The van der Waals surface area contributed by atoms with Gasteiger partial charge in [0.1, 0.15) is 0 Å². The van der Waals surface area contributed by atoms with E-state index in [9.17, 15) is 10.1 Å². The highest BCUT2D eigenvalue weighted by Crippen LogP contribution is 2.24. The second kappa shape index (κ2) is 10.1. The molecule has 2 aromatic rings. The van der Waals surface area contributed by atoms with Gasteiger partial charge in [-0.3, -0.25) is 4.79 Å². The molecule has 28 heavy (non-hydrogen) atoms. The van der Waals surface area contributed by atoms with E-state index in [2.05, 4.69) is 35.1 Å². The standard InChI is InChI=1S/C22H27ClN4O/c1-5-27(6-2)11-10-25-22(28)21-15(3)20(26-16(21)4)13-18(14-24)17-8-7-9-19(23)12-17/h7-9,12-13,26H,5-6,10-11H2,1-4H3,(H,25,28)/b18-13+. The summed E-state index contributed by atoms with van der Waals surface area (Å²) in [5.74, 6) is -0.0979. The maximum Gasteiger partial charge on any atom is 0.253 e. The van der Waals surface area contributed by atoms with Crippen molar-refractivity contribution in [2.45, 2.75) is 27.7 Å². The molecule has 2 rings (SSSR count). The number of aromatic amines is 1. The van der Waals surface area contributed by atoms with Crippen molar-refractivity contribution in [3.63, 3.8) is 0 Å². The Hall–Kier alpha value is -2.55. The molecule has 0 fully saturated rings. The quantitative estimate of drug-likeness (QED) is 0.646. The number of aromatic nitrogens is 1. The van der Waals surface area contributed by atoms with Crippen LogP contribution >= 0.6 is 11.6 Å². The summed E-state index contributed by atoms with van der Waals surface area (Å²) in [4.78, 5) is 18.2. The van der Waals surface area contributed by atoms with Gasteiger partial charge in [0.2, 0.25) is 0 Å². The summed E-state index contributed by atoms with van der Waals surface area (Å²) < 4.78 is 0. The average Bonchev–Trinajstić information content (AvgIpc) is 2.96. The number of amides is 1. The average molecular weight is 399 g/mol. The van der Waals surface area contributed by atoms with Crippen molar-refractivity contribution in [1.29, 1.82) is 5.26 Å². The molecule has 5 nitrogen and oxygen atoms in total. The summed E-state index contributed by atoms with van der Waals surface area (Å²) in [6, 6.07) is 9.39. The van der Waals surface area contributed by atoms with Crippen LogP contribution in [0.3, 0.4) is 0 Å². The van der Waals surface area contributed by atoms with E-state index in [1.54, 1.807) is 18.2 Å². The fraction of sp³-hybridized carbons (Fsp3) is 0.364. The number of allylic oxidation sites excluding steroid dienone is 1. The van der Waals surface area contributed by atoms with Crippen LogP contribution in [0.1, 0.15) is 46.7 Å². The molecule has 0 aliphatic heterocycles. The summed E-state index contributed by atoms with van der Waals surface area (Å²) in [7, 11) is 0. The van der Waals surface area contributed by atoms with E-state index in [1.165, 1.54) is 0 Å². The van der Waals surface area contributed by atoms with Gasteiger partial charge in [-0.25, -0.2) is 0 Å². The van der Waals surface area contributed by atoms with Gasteiger partial charge in [0.15, 0.2) is 0 Å². The first-order valence-electron chi connectivity index (χ1n) is 9.48. The van der Waals surface area contributed by atoms with Gasteiger partial charge in [-0.15, -0.1) is 0 Å². The smallest absolute Gasteiger partial charge is 0.253 e. The number of aryl methyl sites for hydroxylation is 1. The van der Waals surface area contributed by atoms with Crippen LogP contribution < -0.4 is 5.32 Å². The lowest BCUT2D eigenvalue weighted by atomic mass is 10.0. The number of hydrogen-bond acceptors (Lipinski definition) is 3. The predicted octanol–water partition coefficient (Wildman–Crippen LogP) is 4.42. The number of H-pyrrole nitrogens is 1. The number of nitrogens with zero attached hydrogens (tertiary/aromatic N) is 2. The first kappa shape index (κ1) is 21.7. The Balaban J connectivity index is 2.23. The predicted molar refractivity (Wildman–Crippen MR) is 115 cm³/mol. The Morgan fingerprint density at radius 2 is 2.04 bits per heavy atom. The first-order valence-corrected chi connectivity index (χ1v) is 9.86. The van der Waals surface area contributed by atoms with Crippen molar-refractivity contribution < 1.29 is 4.79 Å². The van der Waals surface area contributed by atoms with Crippen LogP contribution in [0.5, 0.6) is 0 Å². The molecule has 0 saturated carbocycles. The molecule has 6 heteroatoms. The SMILES string of the molecule is CCN(CC)CCNC(=O)c1c(C)[nH]c(/C=C(\C#N)c2cccc(Cl)c2)c1C. The highest BCUT2D eigenvalue weighted by atomic mass is 35.5. The molecule has 0 spiro atoms. The molecule has 0 unspecified atom stereocenters. The fourth-order valence-electron chi connectivity index (χ4n) is 3.20. The minimum atomic E-state index is -0.0979. The molecule has 1 heterocycles. The third-order valence-electron chi connectivity index (χ3n) is 4.86. The van der Waals surface area contributed by atoms with Gasteiger partial charge in [0, 0.05) is 29.5 Å². The molecule has 0 atom stereocenters. The van der Waals surface area contributed by atoms with Crippen LogP contribution in [-0.2, 0) is 0 Å². The molecule has 0 radical (unpaired) electrons. The van der Waals surface area contributed by atoms with Gasteiger partial charge >= 0.3 is 0 Å². The van der Waals surface area contributed by atoms with Crippen molar-refractivity contribution in [3.8, 4) is 6.07 Å². The van der Waals surface area contributed by atoms with Gasteiger partial charge in [0.05, 0.1) is 17.2 Å². The van der Waals surface area contributed by atoms with E-state index in [0.29, 0.717) is 22.7 Å². The van der Waals surface area contributed by atoms with E-state index in [1.807, 2.05) is 26.0 Å². The summed E-state index contributed by atoms with van der Waals surface area (Å²) in [6.07, 6.45) is 1.76. The summed E-state index contributed by atoms with van der Waals surface area (Å²) in [5.41, 5.74) is 4.23. The summed E-state index contributed by atoms with van der Waals surface area (Å²) in [5, 5.41) is 13.1. The minimum absolute atomic E-state index is 0.0979. The Labute approximate surface area is 172 Å². The van der Waals surface area contributed by atoms with Gasteiger partial charge in [-0.05, 0) is 56.3 Å². The second-order valence-electron chi connectivity index (χ2n) is 6.63. The summed E-state index contributed by atoms with van der Waals surface area (Å²) >= 11 is 6.04. The van der Waals surface area contributed by atoms with Crippen LogP contribution in [0.25, 0.3) is 11.6 Å². The highest BCUT2D eigenvalue weighted by molar-refractivity contribution is 6.30. The van der Waals surface area contributed by atoms with Crippen molar-refractivity contribution in [2.75, 3.05) is 26.2 Å². The molecule has 148 valence electrons. The summed E-state index contributed by atoms with van der Waals surface area (Å²) in [6.45, 7) is 11.3. The van der Waals surface area contributed by atoms with Crippen molar-refractivity contribution in [3.05, 3.63) is 57.4 Å². The number of carbonyl (C=O) groups excluding carboxylic acids is 1. The van der Waals surface area contributed by atoms with Crippen LogP contribution in [-0.4, -0.2) is 42.0 Å². The van der Waals surface area contributed by atoms with Gasteiger partial charge in [0.25, 0.3) is 5.91 Å². The zero-order valence-electron chi connectivity index (χ0n) is 16.9. The number of halogens is 1. The maximum absolute atomic E-state index is 12.7. The lowest BCUT2D eigenvalue weighted by molar-refractivity contribution is 0.0948. The second-order valence-corrected chi connectivity index (χ2v) is 7.06. The molecule has 0 aliphatic carbocycles. The van der Waals surface area contributed by atoms with Crippen LogP contribution in [0.2, 0.25) is 5.02 Å². The topological polar surface area (TPSA) is 71.9 Å². The zero-order chi connectivity index (χ0) is 20.7. The Morgan fingerprint density at radius 3 is 2.64 bits per heavy atom. The van der Waals surface area contributed by atoms with E-state index >= 15 is 0 Å². The third kappa shape index (κ3) is 5.25. The maximum atomic E-state index is 12.7. The Bertz CT molecular complexity index is 904. The minimum Gasteiger partial charge on any atom is -0.358 e. The Kier molecular flexibility index (Phi) is 7.86. The van der Waals surface area contributed by atoms with Crippen LogP contribution in [0, 0.1) is 25.2 Å². The largest absolute Gasteiger partial charge is 0.358 e. The van der Waals surface area contributed by atoms with Crippen molar-refractivity contribution >= 4 is 29.2 Å². The highest BCUT2D eigenvalue weighted by Gasteiger charge is 2.18. The number of nitriles is 1. The molecule has 0 aliphatic rings. The lowest BCUT2D eigenvalue weighted by Crippen LogP contribution is -2.35. The van der Waals surface area contributed by atoms with Crippen LogP contribution in [0.15, 0.2) is 24.3 Å². The third-order valence-corrected chi connectivity index (χ3v) is 5.09. The molecular formula is C22H27ClN4O. The molecule has 1 aromatic heterocycles. The van der Waals surface area contributed by atoms with Gasteiger partial charge in [-0.2, -0.15) is 5.26 Å². The van der Waals surface area contributed by atoms with Crippen LogP contribution in [0.4, 0.5) is 0 Å².